The van der Waals surface area contributed by atoms with Crippen molar-refractivity contribution in [3.05, 3.63) is 47.9 Å². The fraction of sp³-hybridized carbons (Fsp3) is 0.389. The molecular weight excluding hydrogens is 318 g/mol. The van der Waals surface area contributed by atoms with Gasteiger partial charge in [-0.3, -0.25) is 9.79 Å². The number of anilines is 1. The number of guanidine groups is 1. The standard InChI is InChI=1S/C18H23N5O2/c1-19-18(22(2)13-15-8-10-25-21-15)20-12-14-5-3-6-16(11-14)23-9-4-7-17(23)24/h3,5-6,8,10-11H,4,7,9,12-13H2,1-2H3,(H,19,20). The van der Waals surface area contributed by atoms with Crippen LogP contribution >= 0.6 is 0 Å². The molecule has 7 nitrogen and oxygen atoms in total. The number of nitrogens with zero attached hydrogens (tertiary/aromatic N) is 4. The summed E-state index contributed by atoms with van der Waals surface area (Å²) in [6, 6.07) is 9.90. The molecule has 0 unspecified atom stereocenters. The number of rotatable bonds is 5. The minimum absolute atomic E-state index is 0.202. The van der Waals surface area contributed by atoms with Crippen LogP contribution in [0.25, 0.3) is 0 Å². The van der Waals surface area contributed by atoms with Gasteiger partial charge in [-0.05, 0) is 24.1 Å². The number of benzene rings is 1. The van der Waals surface area contributed by atoms with Gasteiger partial charge in [-0.2, -0.15) is 0 Å². The average Bonchev–Trinajstić information content (AvgIpc) is 3.27. The van der Waals surface area contributed by atoms with E-state index in [2.05, 4.69) is 21.5 Å². The third kappa shape index (κ3) is 4.17. The first-order valence-corrected chi connectivity index (χ1v) is 8.37. The van der Waals surface area contributed by atoms with E-state index in [0.717, 1.165) is 35.9 Å². The number of aromatic nitrogens is 1. The SMILES string of the molecule is CN=C(NCc1cccc(N2CCCC2=O)c1)N(C)Cc1ccon1. The molecule has 2 heterocycles. The zero-order chi connectivity index (χ0) is 17.6. The van der Waals surface area contributed by atoms with Gasteiger partial charge in [-0.1, -0.05) is 17.3 Å². The Hall–Kier alpha value is -2.83. The van der Waals surface area contributed by atoms with Gasteiger partial charge >= 0.3 is 0 Å². The Balaban J connectivity index is 1.61. The third-order valence-electron chi connectivity index (χ3n) is 4.21. The average molecular weight is 341 g/mol. The Morgan fingerprint density at radius 2 is 2.32 bits per heavy atom. The maximum atomic E-state index is 11.9. The van der Waals surface area contributed by atoms with Gasteiger partial charge < -0.3 is 19.6 Å². The molecule has 0 atom stereocenters. The number of hydrogen-bond acceptors (Lipinski definition) is 4. The van der Waals surface area contributed by atoms with Gasteiger partial charge in [-0.25, -0.2) is 0 Å². The molecule has 0 radical (unpaired) electrons. The van der Waals surface area contributed by atoms with Gasteiger partial charge in [0.25, 0.3) is 0 Å². The number of nitrogens with one attached hydrogen (secondary N) is 1. The van der Waals surface area contributed by atoms with Crippen LogP contribution in [-0.2, 0) is 17.9 Å². The van der Waals surface area contributed by atoms with E-state index in [0.29, 0.717) is 19.5 Å². The van der Waals surface area contributed by atoms with Crippen molar-refractivity contribution in [3.63, 3.8) is 0 Å². The molecular formula is C18H23N5O2. The van der Waals surface area contributed by atoms with Crippen LogP contribution in [-0.4, -0.2) is 42.6 Å². The summed E-state index contributed by atoms with van der Waals surface area (Å²) >= 11 is 0. The van der Waals surface area contributed by atoms with Crippen LogP contribution in [0.2, 0.25) is 0 Å². The van der Waals surface area contributed by atoms with Gasteiger partial charge in [0.15, 0.2) is 5.96 Å². The van der Waals surface area contributed by atoms with Crippen LogP contribution in [0, 0.1) is 0 Å². The van der Waals surface area contributed by atoms with Crippen molar-refractivity contribution in [3.8, 4) is 0 Å². The van der Waals surface area contributed by atoms with Crippen molar-refractivity contribution in [2.24, 2.45) is 4.99 Å². The van der Waals surface area contributed by atoms with Crippen LogP contribution < -0.4 is 10.2 Å². The highest BCUT2D eigenvalue weighted by atomic mass is 16.5. The Kier molecular flexibility index (Phi) is 5.33. The van der Waals surface area contributed by atoms with Crippen LogP contribution in [0.1, 0.15) is 24.1 Å². The predicted octanol–water partition coefficient (Wildman–Crippen LogP) is 2.01. The largest absolute Gasteiger partial charge is 0.364 e. The Morgan fingerprint density at radius 3 is 3.00 bits per heavy atom. The molecule has 25 heavy (non-hydrogen) atoms. The Bertz CT molecular complexity index is 742. The topological polar surface area (TPSA) is 74.0 Å². The molecule has 1 aliphatic heterocycles. The van der Waals surface area contributed by atoms with Gasteiger partial charge in [0, 0.05) is 45.4 Å². The Morgan fingerprint density at radius 1 is 1.44 bits per heavy atom. The molecule has 0 aliphatic carbocycles. The second kappa shape index (κ2) is 7.83. The zero-order valence-electron chi connectivity index (χ0n) is 14.6. The van der Waals surface area contributed by atoms with E-state index in [9.17, 15) is 4.79 Å². The molecule has 0 spiro atoms. The molecule has 1 N–H and O–H groups in total. The first kappa shape index (κ1) is 17.0. The smallest absolute Gasteiger partial charge is 0.227 e. The number of aliphatic imine (C=N–C) groups is 1. The van der Waals surface area contributed by atoms with E-state index in [1.54, 1.807) is 13.3 Å². The summed E-state index contributed by atoms with van der Waals surface area (Å²) < 4.78 is 4.86. The van der Waals surface area contributed by atoms with Crippen molar-refractivity contribution < 1.29 is 9.32 Å². The van der Waals surface area contributed by atoms with Crippen molar-refractivity contribution >= 4 is 17.6 Å². The van der Waals surface area contributed by atoms with Gasteiger partial charge in [0.2, 0.25) is 5.91 Å². The fourth-order valence-corrected chi connectivity index (χ4v) is 2.96. The second-order valence-corrected chi connectivity index (χ2v) is 6.07. The fourth-order valence-electron chi connectivity index (χ4n) is 2.96. The lowest BCUT2D eigenvalue weighted by molar-refractivity contribution is -0.117. The summed E-state index contributed by atoms with van der Waals surface area (Å²) in [7, 11) is 3.70. The highest BCUT2D eigenvalue weighted by Crippen LogP contribution is 2.22. The number of hydrogen-bond donors (Lipinski definition) is 1. The number of amides is 1. The summed E-state index contributed by atoms with van der Waals surface area (Å²) in [5.74, 6) is 0.971. The van der Waals surface area contributed by atoms with E-state index >= 15 is 0 Å². The van der Waals surface area contributed by atoms with E-state index in [4.69, 9.17) is 4.52 Å². The molecule has 1 amide bonds. The lowest BCUT2D eigenvalue weighted by Crippen LogP contribution is -2.38. The maximum Gasteiger partial charge on any atom is 0.227 e. The summed E-state index contributed by atoms with van der Waals surface area (Å²) in [4.78, 5) is 20.0. The molecule has 1 aromatic carbocycles. The highest BCUT2D eigenvalue weighted by molar-refractivity contribution is 5.95. The molecule has 1 aromatic heterocycles. The van der Waals surface area contributed by atoms with E-state index < -0.39 is 0 Å². The lowest BCUT2D eigenvalue weighted by atomic mass is 10.2. The molecule has 1 fully saturated rings. The molecule has 0 saturated carbocycles. The van der Waals surface area contributed by atoms with Gasteiger partial charge in [0.1, 0.15) is 12.0 Å². The molecule has 0 bridgehead atoms. The number of carbonyl (C=O) groups is 1. The van der Waals surface area contributed by atoms with Crippen molar-refractivity contribution in [2.45, 2.75) is 25.9 Å². The van der Waals surface area contributed by atoms with Crippen LogP contribution in [0.3, 0.4) is 0 Å². The van der Waals surface area contributed by atoms with Crippen LogP contribution in [0.15, 0.2) is 46.1 Å². The van der Waals surface area contributed by atoms with Crippen molar-refractivity contribution in [1.29, 1.82) is 0 Å². The Labute approximate surface area is 147 Å². The van der Waals surface area contributed by atoms with E-state index in [-0.39, 0.29) is 5.91 Å². The normalized spacial score (nSPS) is 14.9. The zero-order valence-corrected chi connectivity index (χ0v) is 14.6. The van der Waals surface area contributed by atoms with Crippen molar-refractivity contribution in [2.75, 3.05) is 25.5 Å². The van der Waals surface area contributed by atoms with Crippen molar-refractivity contribution in [1.82, 2.24) is 15.4 Å². The number of carbonyl (C=O) groups excluding carboxylic acids is 1. The molecule has 2 aromatic rings. The van der Waals surface area contributed by atoms with Gasteiger partial charge in [-0.15, -0.1) is 0 Å². The molecule has 132 valence electrons. The summed E-state index contributed by atoms with van der Waals surface area (Å²) in [6.07, 6.45) is 3.13. The minimum Gasteiger partial charge on any atom is -0.364 e. The van der Waals surface area contributed by atoms with E-state index in [1.165, 1.54) is 0 Å². The summed E-state index contributed by atoms with van der Waals surface area (Å²) in [5, 5.41) is 7.26. The predicted molar refractivity (Wildman–Crippen MR) is 96.2 cm³/mol. The molecule has 7 heteroatoms. The first-order chi connectivity index (χ1) is 12.2. The monoisotopic (exact) mass is 341 g/mol. The van der Waals surface area contributed by atoms with Gasteiger partial charge in [0.05, 0.1) is 6.54 Å². The lowest BCUT2D eigenvalue weighted by Gasteiger charge is -2.21. The molecule has 1 aliphatic rings. The first-order valence-electron chi connectivity index (χ1n) is 8.37. The second-order valence-electron chi connectivity index (χ2n) is 6.07. The minimum atomic E-state index is 0.202. The van der Waals surface area contributed by atoms with Crippen LogP contribution in [0.4, 0.5) is 5.69 Å². The third-order valence-corrected chi connectivity index (χ3v) is 4.21. The quantitative estimate of drug-likeness (QED) is 0.665. The summed E-state index contributed by atoms with van der Waals surface area (Å²) in [5.41, 5.74) is 2.92. The maximum absolute atomic E-state index is 11.9. The van der Waals surface area contributed by atoms with E-state index in [1.807, 2.05) is 41.1 Å². The molecule has 3 rings (SSSR count). The van der Waals surface area contributed by atoms with Crippen LogP contribution in [0.5, 0.6) is 0 Å². The summed E-state index contributed by atoms with van der Waals surface area (Å²) in [6.45, 7) is 2.04. The molecule has 1 saturated heterocycles. The highest BCUT2D eigenvalue weighted by Gasteiger charge is 2.21.